The molecule has 0 spiro atoms. The summed E-state index contributed by atoms with van der Waals surface area (Å²) >= 11 is 7.84. The lowest BCUT2D eigenvalue weighted by atomic mass is 9.70. The van der Waals surface area contributed by atoms with Crippen LogP contribution in [0.1, 0.15) is 32.1 Å². The largest absolute Gasteiger partial charge is 0.481 e. The van der Waals surface area contributed by atoms with Gasteiger partial charge in [-0.25, -0.2) is 4.31 Å². The standard InChI is InChI=1S/C21H27ClN2O2S/c22-16-8-10-17(11-9-16)27-24-14-15-4-2-12-23-13-3-5-18(21(15)23)19(24)6-1-7-20(25)26/h1,6,8-11,15,18-19,21H,2-5,7,12-14H2,(H,25,26)/b6-1+. The molecule has 4 nitrogen and oxygen atoms in total. The zero-order valence-electron chi connectivity index (χ0n) is 15.5. The van der Waals surface area contributed by atoms with Crippen LogP contribution in [0, 0.1) is 11.8 Å². The quantitative estimate of drug-likeness (QED) is 0.573. The average Bonchev–Trinajstić information content (AvgIpc) is 2.66. The van der Waals surface area contributed by atoms with Crippen LogP contribution >= 0.6 is 23.5 Å². The van der Waals surface area contributed by atoms with E-state index in [0.29, 0.717) is 17.9 Å². The molecule has 0 bridgehead atoms. The summed E-state index contributed by atoms with van der Waals surface area (Å²) in [7, 11) is 0. The monoisotopic (exact) mass is 406 g/mol. The normalized spacial score (nSPS) is 31.7. The van der Waals surface area contributed by atoms with Crippen LogP contribution in [0.5, 0.6) is 0 Å². The zero-order valence-corrected chi connectivity index (χ0v) is 17.0. The van der Waals surface area contributed by atoms with Gasteiger partial charge in [-0.15, -0.1) is 0 Å². The Morgan fingerprint density at radius 3 is 2.70 bits per heavy atom. The molecule has 1 N–H and O–H groups in total. The molecule has 146 valence electrons. The van der Waals surface area contributed by atoms with Gasteiger partial charge in [0.15, 0.2) is 0 Å². The van der Waals surface area contributed by atoms with E-state index in [-0.39, 0.29) is 12.5 Å². The van der Waals surface area contributed by atoms with Gasteiger partial charge in [0.1, 0.15) is 0 Å². The summed E-state index contributed by atoms with van der Waals surface area (Å²) in [6.45, 7) is 3.52. The van der Waals surface area contributed by atoms with E-state index in [1.54, 1.807) is 11.9 Å². The first-order valence-corrected chi connectivity index (χ1v) is 11.1. The molecule has 4 atom stereocenters. The number of halogens is 1. The van der Waals surface area contributed by atoms with Gasteiger partial charge in [-0.05, 0) is 86.8 Å². The highest BCUT2D eigenvalue weighted by Crippen LogP contribution is 2.45. The number of hydrogen-bond donors (Lipinski definition) is 1. The molecule has 3 aliphatic heterocycles. The molecule has 1 aromatic carbocycles. The second-order valence-electron chi connectivity index (χ2n) is 7.90. The number of benzene rings is 1. The molecule has 0 aliphatic carbocycles. The molecule has 6 heteroatoms. The van der Waals surface area contributed by atoms with E-state index in [2.05, 4.69) is 27.4 Å². The van der Waals surface area contributed by atoms with Crippen LogP contribution in [0.4, 0.5) is 0 Å². The van der Waals surface area contributed by atoms with E-state index in [4.69, 9.17) is 16.7 Å². The fraction of sp³-hybridized carbons (Fsp3) is 0.571. The molecule has 4 rings (SSSR count). The minimum absolute atomic E-state index is 0.0977. The van der Waals surface area contributed by atoms with Crippen molar-refractivity contribution in [3.05, 3.63) is 41.4 Å². The van der Waals surface area contributed by atoms with Gasteiger partial charge < -0.3 is 5.11 Å². The Kier molecular flexibility index (Phi) is 6.12. The number of piperidine rings is 3. The maximum Gasteiger partial charge on any atom is 0.307 e. The Morgan fingerprint density at radius 2 is 1.96 bits per heavy atom. The molecule has 0 amide bonds. The van der Waals surface area contributed by atoms with Crippen molar-refractivity contribution in [3.63, 3.8) is 0 Å². The van der Waals surface area contributed by atoms with Gasteiger partial charge >= 0.3 is 5.97 Å². The molecule has 1 aromatic rings. The Morgan fingerprint density at radius 1 is 1.22 bits per heavy atom. The van der Waals surface area contributed by atoms with E-state index in [0.717, 1.165) is 11.6 Å². The Hall–Kier alpha value is -1.01. The van der Waals surface area contributed by atoms with Crippen molar-refractivity contribution < 1.29 is 9.90 Å². The predicted octanol–water partition coefficient (Wildman–Crippen LogP) is 4.55. The summed E-state index contributed by atoms with van der Waals surface area (Å²) in [4.78, 5) is 14.9. The van der Waals surface area contributed by atoms with Gasteiger partial charge in [-0.3, -0.25) is 9.69 Å². The summed E-state index contributed by atoms with van der Waals surface area (Å²) in [5.41, 5.74) is 0. The third kappa shape index (κ3) is 4.37. The number of carbonyl (C=O) groups is 1. The van der Waals surface area contributed by atoms with Crippen LogP contribution in [-0.4, -0.2) is 52.0 Å². The summed E-state index contributed by atoms with van der Waals surface area (Å²) < 4.78 is 2.50. The average molecular weight is 407 g/mol. The summed E-state index contributed by atoms with van der Waals surface area (Å²) in [5.74, 6) is 0.537. The summed E-state index contributed by atoms with van der Waals surface area (Å²) in [6.07, 6.45) is 9.20. The summed E-state index contributed by atoms with van der Waals surface area (Å²) in [6, 6.07) is 8.97. The first kappa shape index (κ1) is 19.3. The molecule has 0 saturated carbocycles. The van der Waals surface area contributed by atoms with Crippen molar-refractivity contribution in [2.75, 3.05) is 19.6 Å². The molecular weight excluding hydrogens is 380 g/mol. The molecule has 3 aliphatic rings. The SMILES string of the molecule is O=C(O)C/C=C/C1C2CCCN3CCCC(CN1Sc1ccc(Cl)cc1)C23. The first-order valence-electron chi connectivity index (χ1n) is 9.94. The van der Waals surface area contributed by atoms with Crippen LogP contribution in [0.3, 0.4) is 0 Å². The minimum atomic E-state index is -0.764. The van der Waals surface area contributed by atoms with Crippen LogP contribution in [-0.2, 0) is 4.79 Å². The van der Waals surface area contributed by atoms with Crippen molar-refractivity contribution in [1.82, 2.24) is 9.21 Å². The van der Waals surface area contributed by atoms with Gasteiger partial charge in [-0.2, -0.15) is 0 Å². The van der Waals surface area contributed by atoms with Crippen LogP contribution in [0.25, 0.3) is 0 Å². The summed E-state index contributed by atoms with van der Waals surface area (Å²) in [5, 5.41) is 9.80. The highest BCUT2D eigenvalue weighted by atomic mass is 35.5. The van der Waals surface area contributed by atoms with Crippen molar-refractivity contribution in [3.8, 4) is 0 Å². The molecule has 3 saturated heterocycles. The molecule has 3 heterocycles. The maximum absolute atomic E-state index is 11.0. The Labute approximate surface area is 170 Å². The first-order chi connectivity index (χ1) is 13.1. The smallest absolute Gasteiger partial charge is 0.307 e. The second kappa shape index (κ2) is 8.56. The van der Waals surface area contributed by atoms with Crippen LogP contribution in [0.15, 0.2) is 41.3 Å². The molecule has 4 unspecified atom stereocenters. The highest BCUT2D eigenvalue weighted by Gasteiger charge is 2.48. The maximum atomic E-state index is 11.0. The molecule has 0 aromatic heterocycles. The van der Waals surface area contributed by atoms with E-state index >= 15 is 0 Å². The molecule has 27 heavy (non-hydrogen) atoms. The van der Waals surface area contributed by atoms with E-state index in [1.807, 2.05) is 18.2 Å². The third-order valence-electron chi connectivity index (χ3n) is 6.19. The fourth-order valence-electron chi connectivity index (χ4n) is 5.17. The van der Waals surface area contributed by atoms with Gasteiger partial charge in [0.05, 0.1) is 6.42 Å². The van der Waals surface area contributed by atoms with Crippen molar-refractivity contribution >= 4 is 29.5 Å². The van der Waals surface area contributed by atoms with Gasteiger partial charge in [0.2, 0.25) is 0 Å². The molecule has 3 fully saturated rings. The topological polar surface area (TPSA) is 43.8 Å². The minimum Gasteiger partial charge on any atom is -0.481 e. The Bertz CT molecular complexity index is 694. The molecule has 0 radical (unpaired) electrons. The highest BCUT2D eigenvalue weighted by molar-refractivity contribution is 7.97. The number of nitrogens with zero attached hydrogens (tertiary/aromatic N) is 2. The van der Waals surface area contributed by atoms with Crippen molar-refractivity contribution in [1.29, 1.82) is 0 Å². The fourth-order valence-corrected chi connectivity index (χ4v) is 6.44. The van der Waals surface area contributed by atoms with Gasteiger partial charge in [0, 0.05) is 28.5 Å². The lowest BCUT2D eigenvalue weighted by Gasteiger charge is -2.56. The van der Waals surface area contributed by atoms with Gasteiger partial charge in [-0.1, -0.05) is 23.8 Å². The number of rotatable bonds is 5. The third-order valence-corrected chi connectivity index (χ3v) is 7.56. The van der Waals surface area contributed by atoms with E-state index < -0.39 is 5.97 Å². The second-order valence-corrected chi connectivity index (χ2v) is 9.46. The number of aliphatic carboxylic acids is 1. The number of hydrogen-bond acceptors (Lipinski definition) is 4. The lowest BCUT2D eigenvalue weighted by molar-refractivity contribution is -0.136. The van der Waals surface area contributed by atoms with Crippen LogP contribution in [0.2, 0.25) is 5.02 Å². The van der Waals surface area contributed by atoms with Gasteiger partial charge in [0.25, 0.3) is 0 Å². The molecular formula is C21H27ClN2O2S. The van der Waals surface area contributed by atoms with Crippen molar-refractivity contribution in [2.45, 2.75) is 49.1 Å². The predicted molar refractivity (Wildman–Crippen MR) is 110 cm³/mol. The Balaban J connectivity index is 1.59. The lowest BCUT2D eigenvalue weighted by Crippen LogP contribution is -2.62. The number of carboxylic acid groups (broad SMARTS) is 1. The van der Waals surface area contributed by atoms with E-state index in [9.17, 15) is 4.79 Å². The van der Waals surface area contributed by atoms with Crippen LogP contribution < -0.4 is 0 Å². The number of carboxylic acids is 1. The zero-order chi connectivity index (χ0) is 18.8. The van der Waals surface area contributed by atoms with E-state index in [1.165, 1.54) is 43.7 Å². The van der Waals surface area contributed by atoms with Crippen molar-refractivity contribution in [2.24, 2.45) is 11.8 Å².